The highest BCUT2D eigenvalue weighted by molar-refractivity contribution is 5.99. The number of hydrogen-bond acceptors (Lipinski definition) is 3. The van der Waals surface area contributed by atoms with Crippen LogP contribution in [0.2, 0.25) is 0 Å². The minimum Gasteiger partial charge on any atom is -0.398 e. The summed E-state index contributed by atoms with van der Waals surface area (Å²) in [5.41, 5.74) is 6.14. The zero-order valence-electron chi connectivity index (χ0n) is 10.7. The summed E-state index contributed by atoms with van der Waals surface area (Å²) < 4.78 is 13.2. The molecule has 0 spiro atoms. The molecule has 1 saturated heterocycles. The molecular formula is C13H16FN3O2. The van der Waals surface area contributed by atoms with Crippen molar-refractivity contribution >= 4 is 17.5 Å². The maximum atomic E-state index is 13.2. The van der Waals surface area contributed by atoms with Gasteiger partial charge >= 0.3 is 0 Å². The fraction of sp³-hybridized carbons (Fsp3) is 0.385. The minimum atomic E-state index is -0.486. The van der Waals surface area contributed by atoms with E-state index in [2.05, 4.69) is 0 Å². The SMILES string of the molecule is CC(=O)N1CCN(C(=O)c2cc(F)ccc2N)CC1. The van der Waals surface area contributed by atoms with Crippen molar-refractivity contribution in [3.63, 3.8) is 0 Å². The third-order valence-corrected chi connectivity index (χ3v) is 3.26. The first kappa shape index (κ1) is 13.3. The molecule has 1 aliphatic heterocycles. The molecule has 6 heteroatoms. The van der Waals surface area contributed by atoms with E-state index in [1.807, 2.05) is 0 Å². The van der Waals surface area contributed by atoms with Crippen molar-refractivity contribution in [2.45, 2.75) is 6.92 Å². The fourth-order valence-corrected chi connectivity index (χ4v) is 2.11. The van der Waals surface area contributed by atoms with Crippen LogP contribution in [0.5, 0.6) is 0 Å². The molecule has 1 aliphatic rings. The summed E-state index contributed by atoms with van der Waals surface area (Å²) >= 11 is 0. The topological polar surface area (TPSA) is 66.6 Å². The van der Waals surface area contributed by atoms with Crippen LogP contribution in [0, 0.1) is 5.82 Å². The molecule has 0 aromatic heterocycles. The van der Waals surface area contributed by atoms with Gasteiger partial charge in [-0.05, 0) is 18.2 Å². The van der Waals surface area contributed by atoms with Crippen molar-refractivity contribution < 1.29 is 14.0 Å². The molecule has 5 nitrogen and oxygen atoms in total. The lowest BCUT2D eigenvalue weighted by atomic mass is 10.1. The number of nitrogen functional groups attached to an aromatic ring is 1. The Labute approximate surface area is 110 Å². The molecule has 1 aromatic carbocycles. The average molecular weight is 265 g/mol. The highest BCUT2D eigenvalue weighted by atomic mass is 19.1. The van der Waals surface area contributed by atoms with Gasteiger partial charge in [0.25, 0.3) is 5.91 Å². The first-order chi connectivity index (χ1) is 8.99. The maximum absolute atomic E-state index is 13.2. The Morgan fingerprint density at radius 2 is 1.74 bits per heavy atom. The van der Waals surface area contributed by atoms with Gasteiger partial charge in [-0.2, -0.15) is 0 Å². The summed E-state index contributed by atoms with van der Waals surface area (Å²) in [5.74, 6) is -0.780. The molecule has 2 N–H and O–H groups in total. The summed E-state index contributed by atoms with van der Waals surface area (Å²) in [5, 5.41) is 0. The average Bonchev–Trinajstić information content (AvgIpc) is 2.41. The second kappa shape index (κ2) is 5.26. The molecule has 1 fully saturated rings. The molecular weight excluding hydrogens is 249 g/mol. The smallest absolute Gasteiger partial charge is 0.256 e. The highest BCUT2D eigenvalue weighted by Crippen LogP contribution is 2.17. The first-order valence-electron chi connectivity index (χ1n) is 6.09. The van der Waals surface area contributed by atoms with Gasteiger partial charge in [0.15, 0.2) is 0 Å². The molecule has 0 bridgehead atoms. The number of anilines is 1. The Bertz CT molecular complexity index is 511. The predicted molar refractivity (Wildman–Crippen MR) is 69.0 cm³/mol. The van der Waals surface area contributed by atoms with E-state index in [0.717, 1.165) is 6.07 Å². The molecule has 0 atom stereocenters. The van der Waals surface area contributed by atoms with E-state index in [1.54, 1.807) is 9.80 Å². The number of rotatable bonds is 1. The Kier molecular flexibility index (Phi) is 3.69. The van der Waals surface area contributed by atoms with E-state index < -0.39 is 5.82 Å². The number of benzene rings is 1. The van der Waals surface area contributed by atoms with Crippen LogP contribution in [-0.4, -0.2) is 47.8 Å². The third-order valence-electron chi connectivity index (χ3n) is 3.26. The lowest BCUT2D eigenvalue weighted by Crippen LogP contribution is -2.50. The van der Waals surface area contributed by atoms with E-state index in [1.165, 1.54) is 19.1 Å². The second-order valence-electron chi connectivity index (χ2n) is 4.53. The fourth-order valence-electron chi connectivity index (χ4n) is 2.11. The van der Waals surface area contributed by atoms with Crippen LogP contribution in [0.4, 0.5) is 10.1 Å². The van der Waals surface area contributed by atoms with Crippen molar-refractivity contribution in [3.8, 4) is 0 Å². The molecule has 1 heterocycles. The number of halogens is 1. The van der Waals surface area contributed by atoms with E-state index in [9.17, 15) is 14.0 Å². The summed E-state index contributed by atoms with van der Waals surface area (Å²) in [6, 6.07) is 3.75. The van der Waals surface area contributed by atoms with Gasteiger partial charge in [-0.1, -0.05) is 0 Å². The van der Waals surface area contributed by atoms with Crippen molar-refractivity contribution in [2.75, 3.05) is 31.9 Å². The van der Waals surface area contributed by atoms with Crippen molar-refractivity contribution in [2.24, 2.45) is 0 Å². The van der Waals surface area contributed by atoms with Gasteiger partial charge in [0.1, 0.15) is 5.82 Å². The van der Waals surface area contributed by atoms with Crippen molar-refractivity contribution in [1.29, 1.82) is 0 Å². The van der Waals surface area contributed by atoms with Crippen molar-refractivity contribution in [1.82, 2.24) is 9.80 Å². The van der Waals surface area contributed by atoms with Gasteiger partial charge in [0.2, 0.25) is 5.91 Å². The van der Waals surface area contributed by atoms with E-state index >= 15 is 0 Å². The highest BCUT2D eigenvalue weighted by Gasteiger charge is 2.24. The van der Waals surface area contributed by atoms with Gasteiger partial charge in [-0.3, -0.25) is 9.59 Å². The molecule has 2 amide bonds. The number of nitrogens with zero attached hydrogens (tertiary/aromatic N) is 2. The minimum absolute atomic E-state index is 0.00244. The number of carbonyl (C=O) groups excluding carboxylic acids is 2. The van der Waals surface area contributed by atoms with Crippen LogP contribution in [0.1, 0.15) is 17.3 Å². The molecule has 0 radical (unpaired) electrons. The van der Waals surface area contributed by atoms with Gasteiger partial charge in [0, 0.05) is 38.8 Å². The van der Waals surface area contributed by atoms with Gasteiger partial charge in [-0.25, -0.2) is 4.39 Å². The van der Waals surface area contributed by atoms with Gasteiger partial charge in [-0.15, -0.1) is 0 Å². The monoisotopic (exact) mass is 265 g/mol. The Balaban J connectivity index is 2.09. The number of piperazine rings is 1. The van der Waals surface area contributed by atoms with Crippen LogP contribution in [-0.2, 0) is 4.79 Å². The molecule has 0 unspecified atom stereocenters. The lowest BCUT2D eigenvalue weighted by molar-refractivity contribution is -0.130. The number of amides is 2. The summed E-state index contributed by atoms with van der Waals surface area (Å²) in [6.07, 6.45) is 0. The standard InChI is InChI=1S/C13H16FN3O2/c1-9(18)16-4-6-17(7-5-16)13(19)11-8-10(14)2-3-12(11)15/h2-3,8H,4-7,15H2,1H3. The van der Waals surface area contributed by atoms with Crippen LogP contribution in [0.3, 0.4) is 0 Å². The normalized spacial score (nSPS) is 15.5. The first-order valence-corrected chi connectivity index (χ1v) is 6.09. The molecule has 2 rings (SSSR count). The number of carbonyl (C=O) groups is 2. The van der Waals surface area contributed by atoms with E-state index in [-0.39, 0.29) is 23.1 Å². The molecule has 0 saturated carbocycles. The predicted octanol–water partition coefficient (Wildman–Crippen LogP) is 0.712. The number of hydrogen-bond donors (Lipinski definition) is 1. The van der Waals surface area contributed by atoms with Crippen LogP contribution in [0.25, 0.3) is 0 Å². The zero-order chi connectivity index (χ0) is 14.0. The zero-order valence-corrected chi connectivity index (χ0v) is 10.7. The molecule has 0 aliphatic carbocycles. The van der Waals surface area contributed by atoms with Gasteiger partial charge < -0.3 is 15.5 Å². The Morgan fingerprint density at radius 1 is 1.16 bits per heavy atom. The Morgan fingerprint density at radius 3 is 2.32 bits per heavy atom. The summed E-state index contributed by atoms with van der Waals surface area (Å²) in [6.45, 7) is 3.37. The van der Waals surface area contributed by atoms with Crippen LogP contribution < -0.4 is 5.73 Å². The quantitative estimate of drug-likeness (QED) is 0.761. The van der Waals surface area contributed by atoms with Crippen LogP contribution >= 0.6 is 0 Å². The van der Waals surface area contributed by atoms with Gasteiger partial charge in [0.05, 0.1) is 5.56 Å². The van der Waals surface area contributed by atoms with Crippen LogP contribution in [0.15, 0.2) is 18.2 Å². The van der Waals surface area contributed by atoms with Crippen molar-refractivity contribution in [3.05, 3.63) is 29.6 Å². The second-order valence-corrected chi connectivity index (χ2v) is 4.53. The van der Waals surface area contributed by atoms with E-state index in [4.69, 9.17) is 5.73 Å². The Hall–Kier alpha value is -2.11. The third kappa shape index (κ3) is 2.83. The molecule has 1 aromatic rings. The molecule has 19 heavy (non-hydrogen) atoms. The maximum Gasteiger partial charge on any atom is 0.256 e. The lowest BCUT2D eigenvalue weighted by Gasteiger charge is -2.34. The summed E-state index contributed by atoms with van der Waals surface area (Å²) in [7, 11) is 0. The summed E-state index contributed by atoms with van der Waals surface area (Å²) in [4.78, 5) is 26.7. The number of nitrogens with two attached hydrogens (primary N) is 1. The van der Waals surface area contributed by atoms with E-state index in [0.29, 0.717) is 26.2 Å². The largest absolute Gasteiger partial charge is 0.398 e. The molecule has 102 valence electrons.